The van der Waals surface area contributed by atoms with Crippen molar-refractivity contribution in [3.63, 3.8) is 0 Å². The van der Waals surface area contributed by atoms with Gasteiger partial charge < -0.3 is 15.4 Å². The van der Waals surface area contributed by atoms with Crippen molar-refractivity contribution in [2.75, 3.05) is 30.0 Å². The Balaban J connectivity index is 2.32. The minimum absolute atomic E-state index is 0.157. The number of aromatic nitrogens is 1. The third-order valence-corrected chi connectivity index (χ3v) is 4.71. The molecule has 0 unspecified atom stereocenters. The van der Waals surface area contributed by atoms with E-state index in [2.05, 4.69) is 37.0 Å². The molecule has 0 aliphatic carbocycles. The molecule has 2 rings (SSSR count). The second-order valence-corrected chi connectivity index (χ2v) is 7.45. The highest BCUT2D eigenvalue weighted by molar-refractivity contribution is 7.99. The van der Waals surface area contributed by atoms with E-state index in [4.69, 9.17) is 10.5 Å². The van der Waals surface area contributed by atoms with Crippen LogP contribution in [0.3, 0.4) is 0 Å². The molecule has 0 aromatic carbocycles. The van der Waals surface area contributed by atoms with Crippen molar-refractivity contribution in [2.45, 2.75) is 43.8 Å². The van der Waals surface area contributed by atoms with Gasteiger partial charge in [-0.05, 0) is 45.5 Å². The van der Waals surface area contributed by atoms with Crippen LogP contribution in [-0.2, 0) is 4.74 Å². The Morgan fingerprint density at radius 1 is 1.28 bits per heavy atom. The van der Waals surface area contributed by atoms with E-state index in [1.807, 2.05) is 6.26 Å². The van der Waals surface area contributed by atoms with Gasteiger partial charge in [0.05, 0.1) is 16.1 Å². The summed E-state index contributed by atoms with van der Waals surface area (Å²) in [6, 6.07) is 0. The highest BCUT2D eigenvalue weighted by Gasteiger charge is 2.39. The lowest BCUT2D eigenvalue weighted by Crippen LogP contribution is -2.57. The molecule has 1 aliphatic rings. The first-order chi connectivity index (χ1) is 8.24. The van der Waals surface area contributed by atoms with Crippen LogP contribution in [0.4, 0.5) is 10.8 Å². The number of anilines is 2. The van der Waals surface area contributed by atoms with E-state index in [-0.39, 0.29) is 11.2 Å². The van der Waals surface area contributed by atoms with Crippen LogP contribution < -0.4 is 10.6 Å². The lowest BCUT2D eigenvalue weighted by Gasteiger charge is -2.47. The highest BCUT2D eigenvalue weighted by Crippen LogP contribution is 2.41. The second-order valence-electron chi connectivity index (χ2n) is 5.88. The second kappa shape index (κ2) is 4.58. The van der Waals surface area contributed by atoms with Crippen LogP contribution in [0.25, 0.3) is 0 Å². The molecular formula is C12H21N3OS2. The van der Waals surface area contributed by atoms with Gasteiger partial charge in [0, 0.05) is 13.1 Å². The summed E-state index contributed by atoms with van der Waals surface area (Å²) in [5.74, 6) is 0.643. The maximum absolute atomic E-state index is 6.10. The summed E-state index contributed by atoms with van der Waals surface area (Å²) in [7, 11) is 0. The van der Waals surface area contributed by atoms with Crippen molar-refractivity contribution in [2.24, 2.45) is 0 Å². The Labute approximate surface area is 117 Å². The Morgan fingerprint density at radius 3 is 2.33 bits per heavy atom. The van der Waals surface area contributed by atoms with Crippen LogP contribution in [0.2, 0.25) is 0 Å². The Kier molecular flexibility index (Phi) is 3.55. The predicted octanol–water partition coefficient (Wildman–Crippen LogP) is 2.84. The first-order valence-corrected chi connectivity index (χ1v) is 7.98. The molecule has 1 saturated heterocycles. The molecule has 0 bridgehead atoms. The van der Waals surface area contributed by atoms with Crippen molar-refractivity contribution in [1.29, 1.82) is 0 Å². The van der Waals surface area contributed by atoms with E-state index >= 15 is 0 Å². The van der Waals surface area contributed by atoms with E-state index in [1.165, 1.54) is 16.5 Å². The number of rotatable bonds is 2. The summed E-state index contributed by atoms with van der Waals surface area (Å²) in [4.78, 5) is 3.44. The van der Waals surface area contributed by atoms with Crippen LogP contribution >= 0.6 is 23.3 Å². The van der Waals surface area contributed by atoms with Crippen molar-refractivity contribution in [3.8, 4) is 0 Å². The van der Waals surface area contributed by atoms with E-state index in [9.17, 15) is 0 Å². The summed E-state index contributed by atoms with van der Waals surface area (Å²) in [5.41, 5.74) is 5.60. The van der Waals surface area contributed by atoms with Crippen molar-refractivity contribution < 1.29 is 4.74 Å². The molecule has 1 aromatic rings. The molecule has 6 heteroatoms. The first kappa shape index (κ1) is 14.0. The van der Waals surface area contributed by atoms with Gasteiger partial charge in [0.2, 0.25) is 0 Å². The summed E-state index contributed by atoms with van der Waals surface area (Å²) in [6.45, 7) is 10.2. The smallest absolute Gasteiger partial charge is 0.153 e. The van der Waals surface area contributed by atoms with E-state index in [0.717, 1.165) is 18.0 Å². The normalized spacial score (nSPS) is 22.2. The Morgan fingerprint density at radius 2 is 1.83 bits per heavy atom. The molecule has 2 N–H and O–H groups in total. The minimum atomic E-state index is -0.157. The van der Waals surface area contributed by atoms with Gasteiger partial charge in [0.25, 0.3) is 0 Å². The first-order valence-electron chi connectivity index (χ1n) is 5.98. The molecule has 1 aromatic heterocycles. The molecule has 0 saturated carbocycles. The fraction of sp³-hybridized carbons (Fsp3) is 0.750. The van der Waals surface area contributed by atoms with Crippen molar-refractivity contribution in [1.82, 2.24) is 4.37 Å². The molecule has 0 spiro atoms. The lowest BCUT2D eigenvalue weighted by molar-refractivity contribution is -0.133. The number of hydrogen-bond acceptors (Lipinski definition) is 6. The van der Waals surface area contributed by atoms with Crippen LogP contribution in [-0.4, -0.2) is 34.9 Å². The summed E-state index contributed by atoms with van der Waals surface area (Å²) in [6.07, 6.45) is 2.04. The van der Waals surface area contributed by atoms with Gasteiger partial charge >= 0.3 is 0 Å². The third kappa shape index (κ3) is 2.75. The summed E-state index contributed by atoms with van der Waals surface area (Å²) < 4.78 is 10.4. The van der Waals surface area contributed by atoms with Crippen molar-refractivity contribution >= 4 is 34.1 Å². The molecule has 18 heavy (non-hydrogen) atoms. The van der Waals surface area contributed by atoms with Gasteiger partial charge in [-0.2, -0.15) is 4.37 Å². The average molecular weight is 287 g/mol. The fourth-order valence-corrected chi connectivity index (χ4v) is 4.30. The van der Waals surface area contributed by atoms with Crippen LogP contribution in [0.5, 0.6) is 0 Å². The lowest BCUT2D eigenvalue weighted by atomic mass is 9.99. The zero-order valence-corrected chi connectivity index (χ0v) is 13.2. The van der Waals surface area contributed by atoms with Gasteiger partial charge in [-0.1, -0.05) is 0 Å². The SMILES string of the molecule is CSc1c(N)nsc1N1CC(C)(C)OC(C)(C)C1. The van der Waals surface area contributed by atoms with Gasteiger partial charge in [-0.3, -0.25) is 0 Å². The number of morpholine rings is 1. The maximum atomic E-state index is 6.10. The van der Waals surface area contributed by atoms with Gasteiger partial charge in [-0.15, -0.1) is 11.8 Å². The number of nitrogens with two attached hydrogens (primary N) is 1. The highest BCUT2D eigenvalue weighted by atomic mass is 32.2. The standard InChI is InChI=1S/C12H21N3OS2/c1-11(2)6-15(7-12(3,4)16-11)10-8(17-5)9(13)14-18-10/h6-7H2,1-5H3,(H2,13,14). The predicted molar refractivity (Wildman–Crippen MR) is 79.8 cm³/mol. The molecule has 1 fully saturated rings. The zero-order valence-electron chi connectivity index (χ0n) is 11.6. The maximum Gasteiger partial charge on any atom is 0.153 e. The third-order valence-electron chi connectivity index (χ3n) is 2.84. The van der Waals surface area contributed by atoms with Crippen LogP contribution in [0, 0.1) is 0 Å². The van der Waals surface area contributed by atoms with E-state index in [0.29, 0.717) is 5.82 Å². The molecule has 0 amide bonds. The molecule has 4 nitrogen and oxygen atoms in total. The minimum Gasteiger partial charge on any atom is -0.382 e. The largest absolute Gasteiger partial charge is 0.382 e. The van der Waals surface area contributed by atoms with Crippen LogP contribution in [0.1, 0.15) is 27.7 Å². The quantitative estimate of drug-likeness (QED) is 0.848. The van der Waals surface area contributed by atoms with Crippen LogP contribution in [0.15, 0.2) is 4.90 Å². The number of nitrogen functional groups attached to an aromatic ring is 1. The Bertz CT molecular complexity index is 427. The monoisotopic (exact) mass is 287 g/mol. The summed E-state index contributed by atoms with van der Waals surface area (Å²) in [5, 5.41) is 1.17. The molecule has 2 heterocycles. The fourth-order valence-electron chi connectivity index (χ4n) is 2.61. The topological polar surface area (TPSA) is 51.4 Å². The number of thioether (sulfide) groups is 1. The number of ether oxygens (including phenoxy) is 1. The molecule has 0 radical (unpaired) electrons. The summed E-state index contributed by atoms with van der Waals surface area (Å²) >= 11 is 3.15. The van der Waals surface area contributed by atoms with Crippen molar-refractivity contribution in [3.05, 3.63) is 0 Å². The number of nitrogens with zero attached hydrogens (tertiary/aromatic N) is 2. The van der Waals surface area contributed by atoms with E-state index < -0.39 is 0 Å². The molecule has 1 aliphatic heterocycles. The van der Waals surface area contributed by atoms with Gasteiger partial charge in [0.15, 0.2) is 5.82 Å². The van der Waals surface area contributed by atoms with Gasteiger partial charge in [-0.25, -0.2) is 0 Å². The number of hydrogen-bond donors (Lipinski definition) is 1. The average Bonchev–Trinajstić information content (AvgIpc) is 2.54. The molecule has 102 valence electrons. The molecule has 0 atom stereocenters. The molecular weight excluding hydrogens is 266 g/mol. The Hall–Kier alpha value is -0.460. The van der Waals surface area contributed by atoms with E-state index in [1.54, 1.807) is 11.8 Å². The zero-order chi connectivity index (χ0) is 13.6. The van der Waals surface area contributed by atoms with Gasteiger partial charge in [0.1, 0.15) is 5.00 Å².